The lowest BCUT2D eigenvalue weighted by molar-refractivity contribution is -0.145. The zero-order valence-electron chi connectivity index (χ0n) is 10.4. The number of aromatic hydroxyl groups is 1. The van der Waals surface area contributed by atoms with Gasteiger partial charge in [-0.1, -0.05) is 18.2 Å². The number of aliphatic carboxylic acids is 1. The highest BCUT2D eigenvalue weighted by Crippen LogP contribution is 2.34. The van der Waals surface area contributed by atoms with E-state index in [0.717, 1.165) is 0 Å². The largest absolute Gasteiger partial charge is 0.507 e. The van der Waals surface area contributed by atoms with E-state index in [1.54, 1.807) is 18.2 Å². The first-order valence-corrected chi connectivity index (χ1v) is 6.51. The summed E-state index contributed by atoms with van der Waals surface area (Å²) in [6.45, 7) is 1.27. The van der Waals surface area contributed by atoms with Crippen LogP contribution in [0.1, 0.15) is 12.5 Å². The first-order chi connectivity index (χ1) is 9.41. The molecule has 1 saturated heterocycles. The number of nitrogens with zero attached hydrogens (tertiary/aromatic N) is 1. The van der Waals surface area contributed by atoms with Crippen molar-refractivity contribution >= 4 is 35.0 Å². The van der Waals surface area contributed by atoms with Crippen LogP contribution in [0.15, 0.2) is 29.2 Å². The summed E-state index contributed by atoms with van der Waals surface area (Å²) in [6, 6.07) is 5.12. The van der Waals surface area contributed by atoms with E-state index in [9.17, 15) is 19.5 Å². The van der Waals surface area contributed by atoms with E-state index in [2.05, 4.69) is 0 Å². The lowest BCUT2D eigenvalue weighted by Crippen LogP contribution is -2.41. The molecule has 0 radical (unpaired) electrons. The van der Waals surface area contributed by atoms with Crippen molar-refractivity contribution in [2.75, 3.05) is 0 Å². The Bertz CT molecular complexity index is 625. The predicted octanol–water partition coefficient (Wildman–Crippen LogP) is 1.90. The van der Waals surface area contributed by atoms with Crippen molar-refractivity contribution in [3.05, 3.63) is 34.7 Å². The Morgan fingerprint density at radius 2 is 2.00 bits per heavy atom. The Balaban J connectivity index is 2.33. The Morgan fingerprint density at radius 1 is 1.35 bits per heavy atom. The van der Waals surface area contributed by atoms with E-state index in [4.69, 9.17) is 5.11 Å². The van der Waals surface area contributed by atoms with Crippen molar-refractivity contribution in [3.63, 3.8) is 0 Å². The summed E-state index contributed by atoms with van der Waals surface area (Å²) in [5, 5.41) is 17.9. The Hall–Kier alpha value is -2.28. The maximum Gasteiger partial charge on any atom is 0.326 e. The molecule has 0 spiro atoms. The minimum absolute atomic E-state index is 0.0226. The number of para-hydroxylation sites is 1. The zero-order chi connectivity index (χ0) is 14.9. The number of amides is 2. The summed E-state index contributed by atoms with van der Waals surface area (Å²) < 4.78 is 0. The molecule has 1 aliphatic rings. The minimum Gasteiger partial charge on any atom is -0.507 e. The summed E-state index contributed by atoms with van der Waals surface area (Å²) in [5.41, 5.74) is 0.390. The molecule has 1 fully saturated rings. The highest BCUT2D eigenvalue weighted by molar-refractivity contribution is 8.18. The maximum absolute atomic E-state index is 12.0. The number of carbonyl (C=O) groups excluding carboxylic acids is 2. The second-order valence-electron chi connectivity index (χ2n) is 4.12. The Morgan fingerprint density at radius 3 is 2.60 bits per heavy atom. The quantitative estimate of drug-likeness (QED) is 0.826. The summed E-state index contributed by atoms with van der Waals surface area (Å²) in [6.07, 6.45) is 1.37. The van der Waals surface area contributed by atoms with Gasteiger partial charge in [0, 0.05) is 5.56 Å². The highest BCUT2D eigenvalue weighted by atomic mass is 32.2. The number of carbonyl (C=O) groups is 3. The smallest absolute Gasteiger partial charge is 0.326 e. The molecule has 7 heteroatoms. The molecule has 2 N–H and O–H groups in total. The molecule has 1 aromatic rings. The van der Waals surface area contributed by atoms with Gasteiger partial charge < -0.3 is 10.2 Å². The molecule has 6 nitrogen and oxygen atoms in total. The first-order valence-electron chi connectivity index (χ1n) is 5.69. The third kappa shape index (κ3) is 2.53. The molecule has 0 aliphatic carbocycles. The molecule has 1 atom stereocenters. The summed E-state index contributed by atoms with van der Waals surface area (Å²) in [4.78, 5) is 35.4. The van der Waals surface area contributed by atoms with Crippen molar-refractivity contribution < 1.29 is 24.6 Å². The van der Waals surface area contributed by atoms with Crippen LogP contribution in [0.25, 0.3) is 6.08 Å². The third-order valence-electron chi connectivity index (χ3n) is 2.79. The molecule has 2 amide bonds. The molecule has 1 aliphatic heterocycles. The Kier molecular flexibility index (Phi) is 3.80. The van der Waals surface area contributed by atoms with Crippen LogP contribution in [0, 0.1) is 0 Å². The third-order valence-corrected chi connectivity index (χ3v) is 3.68. The van der Waals surface area contributed by atoms with E-state index in [-0.39, 0.29) is 10.7 Å². The fraction of sp³-hybridized carbons (Fsp3) is 0.154. The van der Waals surface area contributed by atoms with Crippen LogP contribution in [0.3, 0.4) is 0 Å². The van der Waals surface area contributed by atoms with Gasteiger partial charge in [-0.25, -0.2) is 4.79 Å². The molecular weight excluding hydrogens is 282 g/mol. The van der Waals surface area contributed by atoms with Crippen molar-refractivity contribution in [3.8, 4) is 5.75 Å². The van der Waals surface area contributed by atoms with Gasteiger partial charge in [-0.15, -0.1) is 0 Å². The van der Waals surface area contributed by atoms with Crippen molar-refractivity contribution in [1.29, 1.82) is 0 Å². The van der Waals surface area contributed by atoms with Gasteiger partial charge >= 0.3 is 5.97 Å². The monoisotopic (exact) mass is 293 g/mol. The number of benzene rings is 1. The first kappa shape index (κ1) is 14.1. The molecule has 0 aromatic heterocycles. The molecule has 104 valence electrons. The van der Waals surface area contributed by atoms with Crippen LogP contribution in [0.5, 0.6) is 5.75 Å². The summed E-state index contributed by atoms with van der Waals surface area (Å²) in [5.74, 6) is -1.94. The van der Waals surface area contributed by atoms with E-state index in [0.29, 0.717) is 22.2 Å². The average molecular weight is 293 g/mol. The fourth-order valence-electron chi connectivity index (χ4n) is 1.67. The summed E-state index contributed by atoms with van der Waals surface area (Å²) >= 11 is 0.655. The van der Waals surface area contributed by atoms with E-state index in [1.165, 1.54) is 19.1 Å². The van der Waals surface area contributed by atoms with Crippen LogP contribution in [-0.2, 0) is 9.59 Å². The molecule has 1 aromatic carbocycles. The van der Waals surface area contributed by atoms with Crippen molar-refractivity contribution in [2.24, 2.45) is 0 Å². The zero-order valence-corrected chi connectivity index (χ0v) is 11.3. The topological polar surface area (TPSA) is 94.9 Å². The minimum atomic E-state index is -1.25. The highest BCUT2D eigenvalue weighted by Gasteiger charge is 2.40. The number of thioether (sulfide) groups is 1. The lowest BCUT2D eigenvalue weighted by Gasteiger charge is -2.16. The van der Waals surface area contributed by atoms with Gasteiger partial charge in [0.1, 0.15) is 11.8 Å². The maximum atomic E-state index is 12.0. The number of phenolic OH excluding ortho intramolecular Hbond substituents is 1. The number of carboxylic acid groups (broad SMARTS) is 1. The Labute approximate surface area is 118 Å². The molecule has 1 heterocycles. The van der Waals surface area contributed by atoms with Crippen LogP contribution < -0.4 is 0 Å². The number of phenols is 1. The van der Waals surface area contributed by atoms with Gasteiger partial charge in [0.15, 0.2) is 0 Å². The predicted molar refractivity (Wildman–Crippen MR) is 73.0 cm³/mol. The van der Waals surface area contributed by atoms with Crippen molar-refractivity contribution in [2.45, 2.75) is 13.0 Å². The van der Waals surface area contributed by atoms with Crippen molar-refractivity contribution in [1.82, 2.24) is 4.90 Å². The van der Waals surface area contributed by atoms with Gasteiger partial charge in [0.05, 0.1) is 4.91 Å². The van der Waals surface area contributed by atoms with Crippen LogP contribution in [0.4, 0.5) is 4.79 Å². The standard InChI is InChI=1S/C13H11NO5S/c1-7(12(17)18)14-11(16)10(20-13(14)19)6-8-4-2-3-5-9(8)15/h2-7,15H,1H3,(H,17,18)/b10-6-/t7-/m0/s1. The average Bonchev–Trinajstić information content (AvgIpc) is 2.66. The summed E-state index contributed by atoms with van der Waals surface area (Å²) in [7, 11) is 0. The molecule has 0 saturated carbocycles. The SMILES string of the molecule is C[C@@H](C(=O)O)N1C(=O)S/C(=C\c2ccccc2O)C1=O. The van der Waals surface area contributed by atoms with Gasteiger partial charge in [-0.05, 0) is 30.8 Å². The van der Waals surface area contributed by atoms with E-state index < -0.39 is 23.2 Å². The molecular formula is C13H11NO5S. The fourth-order valence-corrected chi connectivity index (χ4v) is 2.57. The molecule has 20 heavy (non-hydrogen) atoms. The van der Waals surface area contributed by atoms with E-state index in [1.807, 2.05) is 0 Å². The molecule has 0 unspecified atom stereocenters. The number of hydrogen-bond acceptors (Lipinski definition) is 5. The van der Waals surface area contributed by atoms with Gasteiger partial charge in [0.2, 0.25) is 0 Å². The van der Waals surface area contributed by atoms with Gasteiger partial charge in [-0.3, -0.25) is 14.5 Å². The van der Waals surface area contributed by atoms with Gasteiger partial charge in [-0.2, -0.15) is 0 Å². The molecule has 2 rings (SSSR count). The number of imide groups is 1. The number of rotatable bonds is 3. The molecule has 0 bridgehead atoms. The van der Waals surface area contributed by atoms with Crippen LogP contribution >= 0.6 is 11.8 Å². The van der Waals surface area contributed by atoms with Gasteiger partial charge in [0.25, 0.3) is 11.1 Å². The lowest BCUT2D eigenvalue weighted by atomic mass is 10.2. The van der Waals surface area contributed by atoms with Crippen LogP contribution in [-0.4, -0.2) is 38.3 Å². The normalized spacial score (nSPS) is 18.6. The second kappa shape index (κ2) is 5.38. The number of carboxylic acids is 1. The van der Waals surface area contributed by atoms with E-state index >= 15 is 0 Å². The number of hydrogen-bond donors (Lipinski definition) is 2. The second-order valence-corrected chi connectivity index (χ2v) is 5.12. The van der Waals surface area contributed by atoms with Crippen LogP contribution in [0.2, 0.25) is 0 Å².